The van der Waals surface area contributed by atoms with Crippen molar-refractivity contribution in [3.05, 3.63) is 29.8 Å². The number of piperidine rings is 1. The van der Waals surface area contributed by atoms with Crippen LogP contribution in [-0.2, 0) is 14.2 Å². The number of aliphatic hydroxyl groups is 3. The minimum absolute atomic E-state index is 0.0917. The van der Waals surface area contributed by atoms with E-state index in [-0.39, 0.29) is 36.3 Å². The van der Waals surface area contributed by atoms with Gasteiger partial charge < -0.3 is 34.3 Å². The molecule has 1 heterocycles. The van der Waals surface area contributed by atoms with Crippen LogP contribution in [-0.4, -0.2) is 103 Å². The number of methoxy groups -OCH3 is 3. The van der Waals surface area contributed by atoms with Crippen LogP contribution in [0.4, 0.5) is 0 Å². The molecule has 1 spiro atoms. The van der Waals surface area contributed by atoms with Crippen LogP contribution in [0.15, 0.2) is 24.3 Å². The Balaban J connectivity index is 1.32. The molecule has 1 saturated heterocycles. The van der Waals surface area contributed by atoms with E-state index < -0.39 is 46.1 Å². The molecule has 7 bridgehead atoms. The summed E-state index contributed by atoms with van der Waals surface area (Å²) in [6.45, 7) is 4.09. The molecule has 1 aliphatic heterocycles. The molecule has 9 nitrogen and oxygen atoms in total. The Morgan fingerprint density at radius 2 is 1.85 bits per heavy atom. The highest BCUT2D eigenvalue weighted by Crippen LogP contribution is 2.80. The molecule has 0 amide bonds. The van der Waals surface area contributed by atoms with Crippen molar-refractivity contribution in [1.82, 2.24) is 4.90 Å². The zero-order valence-electron chi connectivity index (χ0n) is 23.9. The quantitative estimate of drug-likeness (QED) is 0.432. The first-order valence-electron chi connectivity index (χ1n) is 14.9. The van der Waals surface area contributed by atoms with Crippen LogP contribution in [0.2, 0.25) is 0 Å². The van der Waals surface area contributed by atoms with E-state index in [0.29, 0.717) is 37.3 Å². The zero-order valence-corrected chi connectivity index (χ0v) is 23.9. The molecule has 3 N–H and O–H groups in total. The number of esters is 1. The summed E-state index contributed by atoms with van der Waals surface area (Å²) in [4.78, 5) is 15.7. The Hall–Kier alpha value is -1.75. The molecular formula is C31H43NO8. The molecule has 5 aliphatic carbocycles. The van der Waals surface area contributed by atoms with Gasteiger partial charge in [0.2, 0.25) is 0 Å². The van der Waals surface area contributed by atoms with Gasteiger partial charge in [0.25, 0.3) is 0 Å². The highest BCUT2D eigenvalue weighted by molar-refractivity contribution is 5.89. The van der Waals surface area contributed by atoms with Crippen molar-refractivity contribution in [2.45, 2.75) is 74.6 Å². The van der Waals surface area contributed by atoms with E-state index in [9.17, 15) is 20.1 Å². The standard InChI is InChI=1S/C31H43NO8/c1-5-32-15-28(16-37-2)11-10-23(39-4)31-20-12-19-22(40-27(34)17-6-8-18(38-3)9-7-17)14-29(35,24(20)25(19)33)21(26(31)32)13-30(28,31)36/h6-9,19-26,33,35-36H,5,10-16H2,1-4H3/t19-,20-,21+,22+,23+,24-,25+,26-,28+,29+,30+,31-/m1/s1. The molecule has 7 rings (SSSR count). The third-order valence-electron chi connectivity index (χ3n) is 12.6. The van der Waals surface area contributed by atoms with Crippen LogP contribution < -0.4 is 4.74 Å². The number of benzene rings is 1. The van der Waals surface area contributed by atoms with E-state index in [2.05, 4.69) is 11.8 Å². The molecule has 12 atom stereocenters. The smallest absolute Gasteiger partial charge is 0.338 e. The van der Waals surface area contributed by atoms with E-state index in [1.807, 2.05) is 0 Å². The number of ether oxygens (including phenoxy) is 4. The number of fused-ring (bicyclic) bond motifs is 2. The number of rotatable bonds is 7. The highest BCUT2D eigenvalue weighted by atomic mass is 16.5. The Morgan fingerprint density at radius 3 is 2.50 bits per heavy atom. The molecule has 0 aromatic heterocycles. The average molecular weight is 558 g/mol. The second-order valence-electron chi connectivity index (χ2n) is 13.5. The average Bonchev–Trinajstić information content (AvgIpc) is 3.34. The second kappa shape index (κ2) is 8.88. The first-order valence-corrected chi connectivity index (χ1v) is 14.9. The maximum atomic E-state index is 13.3. The number of likely N-dealkylation sites (tertiary alicyclic amines) is 1. The summed E-state index contributed by atoms with van der Waals surface area (Å²) in [5, 5.41) is 37.6. The third kappa shape index (κ3) is 2.97. The number of carbonyl (C=O) groups is 1. The van der Waals surface area contributed by atoms with Gasteiger partial charge in [-0.25, -0.2) is 4.79 Å². The summed E-state index contributed by atoms with van der Waals surface area (Å²) >= 11 is 0. The van der Waals surface area contributed by atoms with E-state index >= 15 is 0 Å². The van der Waals surface area contributed by atoms with Gasteiger partial charge in [-0.2, -0.15) is 0 Å². The van der Waals surface area contributed by atoms with Gasteiger partial charge >= 0.3 is 5.97 Å². The van der Waals surface area contributed by atoms with Crippen molar-refractivity contribution in [2.24, 2.45) is 34.5 Å². The summed E-state index contributed by atoms with van der Waals surface area (Å²) in [5.74, 6) is -1.00. The first kappa shape index (κ1) is 27.1. The van der Waals surface area contributed by atoms with Gasteiger partial charge in [-0.15, -0.1) is 0 Å². The summed E-state index contributed by atoms with van der Waals surface area (Å²) in [6.07, 6.45) is 1.21. The monoisotopic (exact) mass is 557 g/mol. The fourth-order valence-electron chi connectivity index (χ4n) is 11.4. The van der Waals surface area contributed by atoms with Crippen LogP contribution in [0.3, 0.4) is 0 Å². The van der Waals surface area contributed by atoms with Crippen LogP contribution in [0.1, 0.15) is 49.4 Å². The van der Waals surface area contributed by atoms with Crippen molar-refractivity contribution in [3.63, 3.8) is 0 Å². The van der Waals surface area contributed by atoms with Crippen molar-refractivity contribution in [3.8, 4) is 5.75 Å². The lowest BCUT2D eigenvalue weighted by Gasteiger charge is -2.71. The fourth-order valence-corrected chi connectivity index (χ4v) is 11.4. The predicted molar refractivity (Wildman–Crippen MR) is 144 cm³/mol. The molecule has 9 heteroatoms. The predicted octanol–water partition coefficient (Wildman–Crippen LogP) is 1.87. The molecule has 6 fully saturated rings. The van der Waals surface area contributed by atoms with Crippen LogP contribution in [0.25, 0.3) is 0 Å². The molecule has 6 aliphatic rings. The molecule has 220 valence electrons. The van der Waals surface area contributed by atoms with Gasteiger partial charge in [-0.3, -0.25) is 4.90 Å². The Morgan fingerprint density at radius 1 is 1.10 bits per heavy atom. The maximum Gasteiger partial charge on any atom is 0.338 e. The van der Waals surface area contributed by atoms with Gasteiger partial charge in [-0.05, 0) is 62.4 Å². The lowest BCUT2D eigenvalue weighted by molar-refractivity contribution is -0.324. The normalized spacial score (nSPS) is 50.1. The van der Waals surface area contributed by atoms with E-state index in [0.717, 1.165) is 19.4 Å². The number of hydrogen-bond acceptors (Lipinski definition) is 9. The summed E-state index contributed by atoms with van der Waals surface area (Å²) in [6, 6.07) is 6.69. The summed E-state index contributed by atoms with van der Waals surface area (Å²) < 4.78 is 23.4. The minimum Gasteiger partial charge on any atom is -0.497 e. The van der Waals surface area contributed by atoms with Crippen molar-refractivity contribution in [1.29, 1.82) is 0 Å². The molecule has 40 heavy (non-hydrogen) atoms. The van der Waals surface area contributed by atoms with Gasteiger partial charge in [0.05, 0.1) is 42.7 Å². The maximum absolute atomic E-state index is 13.3. The van der Waals surface area contributed by atoms with Crippen LogP contribution in [0.5, 0.6) is 5.75 Å². The Labute approximate surface area is 235 Å². The second-order valence-corrected chi connectivity index (χ2v) is 13.5. The topological polar surface area (TPSA) is 118 Å². The SMILES string of the molecule is CCN1C[C@]2(COC)CC[C@H](OC)[C@@]34[C@@H]5C[C@H]6[C@H](O)[C@@H]5[C@](O)(C[C@@H]6OC(=O)c5ccc(OC)cc5)[C@@H](C[C@]23O)[C@@H]14. The largest absolute Gasteiger partial charge is 0.497 e. The fraction of sp³-hybridized carbons (Fsp3) is 0.774. The third-order valence-corrected chi connectivity index (χ3v) is 12.6. The number of aliphatic hydroxyl groups excluding tert-OH is 1. The summed E-state index contributed by atoms with van der Waals surface area (Å²) in [7, 11) is 5.02. The van der Waals surface area contributed by atoms with Crippen molar-refractivity contribution >= 4 is 5.97 Å². The van der Waals surface area contributed by atoms with Crippen LogP contribution >= 0.6 is 0 Å². The van der Waals surface area contributed by atoms with Gasteiger partial charge in [0.1, 0.15) is 11.9 Å². The highest BCUT2D eigenvalue weighted by Gasteiger charge is 2.88. The van der Waals surface area contributed by atoms with Crippen molar-refractivity contribution < 1.29 is 39.1 Å². The zero-order chi connectivity index (χ0) is 28.2. The van der Waals surface area contributed by atoms with E-state index in [1.54, 1.807) is 45.6 Å². The van der Waals surface area contributed by atoms with Crippen molar-refractivity contribution in [2.75, 3.05) is 41.0 Å². The number of carbonyl (C=O) groups excluding carboxylic acids is 1. The lowest BCUT2D eigenvalue weighted by atomic mass is 9.41. The number of nitrogens with zero attached hydrogens (tertiary/aromatic N) is 1. The molecule has 1 aromatic carbocycles. The molecule has 1 aromatic rings. The van der Waals surface area contributed by atoms with Gasteiger partial charge in [-0.1, -0.05) is 6.92 Å². The van der Waals surface area contributed by atoms with E-state index in [4.69, 9.17) is 18.9 Å². The Kier molecular flexibility index (Phi) is 6.02. The first-order chi connectivity index (χ1) is 19.2. The number of hydrogen-bond donors (Lipinski definition) is 3. The molecular weight excluding hydrogens is 514 g/mol. The van der Waals surface area contributed by atoms with Gasteiger partial charge in [0.15, 0.2) is 0 Å². The lowest BCUT2D eigenvalue weighted by Crippen LogP contribution is -2.81. The Bertz CT molecular complexity index is 1180. The van der Waals surface area contributed by atoms with Gasteiger partial charge in [0, 0.05) is 61.8 Å². The molecule has 5 saturated carbocycles. The van der Waals surface area contributed by atoms with E-state index in [1.165, 1.54) is 0 Å². The van der Waals surface area contributed by atoms with Crippen LogP contribution in [0, 0.1) is 34.5 Å². The summed E-state index contributed by atoms with van der Waals surface area (Å²) in [5.41, 5.74) is -3.09. The molecule has 0 unspecified atom stereocenters. The molecule has 0 radical (unpaired) electrons. The minimum atomic E-state index is -1.28.